The smallest absolute Gasteiger partial charge is 0.169 e. The van der Waals surface area contributed by atoms with E-state index in [1.807, 2.05) is 6.08 Å². The Balaban J connectivity index is 1.38. The first-order valence-corrected chi connectivity index (χ1v) is 12.9. The van der Waals surface area contributed by atoms with Gasteiger partial charge in [-0.05, 0) is 76.7 Å². The van der Waals surface area contributed by atoms with E-state index in [9.17, 15) is 4.79 Å². The second-order valence-electron chi connectivity index (χ2n) is 10.6. The second-order valence-corrected chi connectivity index (χ2v) is 10.6. The number of rotatable bonds is 9. The molecule has 2 heterocycles. The number of carbonyl (C=O) groups excluding carboxylic acids is 1. The van der Waals surface area contributed by atoms with Crippen LogP contribution in [0.5, 0.6) is 0 Å². The van der Waals surface area contributed by atoms with Crippen LogP contribution in [0, 0.1) is 23.7 Å². The van der Waals surface area contributed by atoms with E-state index in [4.69, 9.17) is 18.9 Å². The standard InChI is InChI=1S/C27H42O5/c1-19(2)8-4-5-9-20(3)24(28)12-11-22-23-18-27(30-14-15-31-27)17-21(23)16-25(22)32-26-10-6-7-13-29-26/h8,11-12,20-23,25-26H,4-7,9-10,13-18H2,1-3H3/t20?,21-,22+,23+,25+,26?/m0/s1. The van der Waals surface area contributed by atoms with Gasteiger partial charge in [0.25, 0.3) is 0 Å². The van der Waals surface area contributed by atoms with Gasteiger partial charge in [-0.3, -0.25) is 4.79 Å². The van der Waals surface area contributed by atoms with Crippen LogP contribution in [0.3, 0.4) is 0 Å². The molecule has 2 aliphatic heterocycles. The second kappa shape index (κ2) is 10.9. The number of hydrogen-bond donors (Lipinski definition) is 0. The molecule has 0 bridgehead atoms. The van der Waals surface area contributed by atoms with Crippen molar-refractivity contribution >= 4 is 5.78 Å². The molecule has 0 aromatic rings. The Bertz CT molecular complexity index is 682. The number of fused-ring (bicyclic) bond motifs is 1. The number of ether oxygens (including phenoxy) is 4. The van der Waals surface area contributed by atoms with Crippen LogP contribution in [0.2, 0.25) is 0 Å². The fourth-order valence-corrected chi connectivity index (χ4v) is 6.09. The zero-order valence-corrected chi connectivity index (χ0v) is 20.2. The summed E-state index contributed by atoms with van der Waals surface area (Å²) in [6.07, 6.45) is 15.4. The fraction of sp³-hybridized carbons (Fsp3) is 0.815. The summed E-state index contributed by atoms with van der Waals surface area (Å²) in [5, 5.41) is 0. The van der Waals surface area contributed by atoms with Gasteiger partial charge in [-0.15, -0.1) is 0 Å². The van der Waals surface area contributed by atoms with Crippen molar-refractivity contribution in [1.82, 2.24) is 0 Å². The van der Waals surface area contributed by atoms with Gasteiger partial charge in [0.1, 0.15) is 0 Å². The first-order chi connectivity index (χ1) is 15.5. The number of ketones is 1. The summed E-state index contributed by atoms with van der Waals surface area (Å²) in [7, 11) is 0. The molecule has 2 saturated heterocycles. The van der Waals surface area contributed by atoms with Gasteiger partial charge in [-0.1, -0.05) is 24.6 Å². The van der Waals surface area contributed by atoms with Crippen LogP contribution in [0.25, 0.3) is 0 Å². The Morgan fingerprint density at radius 1 is 1.16 bits per heavy atom. The summed E-state index contributed by atoms with van der Waals surface area (Å²) in [4.78, 5) is 12.8. The predicted molar refractivity (Wildman–Crippen MR) is 124 cm³/mol. The zero-order valence-electron chi connectivity index (χ0n) is 20.2. The lowest BCUT2D eigenvalue weighted by Gasteiger charge is -2.31. The summed E-state index contributed by atoms with van der Waals surface area (Å²) in [6, 6.07) is 0. The van der Waals surface area contributed by atoms with E-state index in [0.29, 0.717) is 25.0 Å². The van der Waals surface area contributed by atoms with Crippen molar-refractivity contribution in [3.05, 3.63) is 23.8 Å². The van der Waals surface area contributed by atoms with Crippen molar-refractivity contribution in [3.63, 3.8) is 0 Å². The minimum Gasteiger partial charge on any atom is -0.353 e. The summed E-state index contributed by atoms with van der Waals surface area (Å²) in [5.74, 6) is 1.09. The van der Waals surface area contributed by atoms with Crippen LogP contribution in [-0.2, 0) is 23.7 Å². The van der Waals surface area contributed by atoms with Crippen molar-refractivity contribution < 1.29 is 23.7 Å². The molecule has 0 aromatic carbocycles. The Morgan fingerprint density at radius 3 is 2.69 bits per heavy atom. The van der Waals surface area contributed by atoms with Crippen LogP contribution in [0.4, 0.5) is 0 Å². The summed E-state index contributed by atoms with van der Waals surface area (Å²) >= 11 is 0. The maximum Gasteiger partial charge on any atom is 0.169 e. The zero-order chi connectivity index (χ0) is 22.6. The maximum atomic E-state index is 12.8. The largest absolute Gasteiger partial charge is 0.353 e. The molecule has 5 nitrogen and oxygen atoms in total. The predicted octanol–water partition coefficient (Wildman–Crippen LogP) is 5.59. The third-order valence-corrected chi connectivity index (χ3v) is 7.82. The quantitative estimate of drug-likeness (QED) is 0.263. The molecule has 0 radical (unpaired) electrons. The Morgan fingerprint density at radius 2 is 1.97 bits per heavy atom. The van der Waals surface area contributed by atoms with Gasteiger partial charge in [-0.25, -0.2) is 0 Å². The lowest BCUT2D eigenvalue weighted by molar-refractivity contribution is -0.197. The van der Waals surface area contributed by atoms with Gasteiger partial charge in [-0.2, -0.15) is 0 Å². The Labute approximate surface area is 193 Å². The highest BCUT2D eigenvalue weighted by molar-refractivity contribution is 5.91. The molecule has 2 unspecified atom stereocenters. The van der Waals surface area contributed by atoms with Gasteiger partial charge in [0.05, 0.1) is 19.3 Å². The fourth-order valence-electron chi connectivity index (χ4n) is 6.09. The molecular weight excluding hydrogens is 404 g/mol. The molecular formula is C27H42O5. The van der Waals surface area contributed by atoms with Gasteiger partial charge < -0.3 is 18.9 Å². The molecule has 2 saturated carbocycles. The Kier molecular flexibility index (Phi) is 8.25. The molecule has 6 atom stereocenters. The normalized spacial score (nSPS) is 34.8. The average Bonchev–Trinajstić information content (AvgIpc) is 3.45. The van der Waals surface area contributed by atoms with Crippen LogP contribution < -0.4 is 0 Å². The van der Waals surface area contributed by atoms with E-state index in [-0.39, 0.29) is 30.0 Å². The summed E-state index contributed by atoms with van der Waals surface area (Å²) < 4.78 is 24.4. The van der Waals surface area contributed by atoms with Crippen molar-refractivity contribution in [2.45, 2.75) is 96.7 Å². The van der Waals surface area contributed by atoms with Gasteiger partial charge in [0.2, 0.25) is 0 Å². The summed E-state index contributed by atoms with van der Waals surface area (Å²) in [6.45, 7) is 8.48. The molecule has 4 rings (SSSR count). The van der Waals surface area contributed by atoms with E-state index in [1.165, 1.54) is 5.57 Å². The molecule has 1 spiro atoms. The Hall–Kier alpha value is -1.01. The SMILES string of the molecule is CC(C)=CCCCC(C)C(=O)C=C[C@@H]1[C@@H]2CC3(C[C@@H]2C[C@H]1OC1CCCCO1)OCCO3. The first-order valence-electron chi connectivity index (χ1n) is 12.9. The topological polar surface area (TPSA) is 54.0 Å². The average molecular weight is 447 g/mol. The van der Waals surface area contributed by atoms with Gasteiger partial charge in [0, 0.05) is 31.3 Å². The van der Waals surface area contributed by atoms with Gasteiger partial charge >= 0.3 is 0 Å². The molecule has 0 N–H and O–H groups in total. The third kappa shape index (κ3) is 5.91. The lowest BCUT2D eigenvalue weighted by atomic mass is 9.89. The van der Waals surface area contributed by atoms with Crippen LogP contribution in [-0.4, -0.2) is 43.8 Å². The lowest BCUT2D eigenvalue weighted by Crippen LogP contribution is -2.33. The van der Waals surface area contributed by atoms with Crippen LogP contribution in [0.1, 0.15) is 78.6 Å². The monoisotopic (exact) mass is 446 g/mol. The number of hydrogen-bond acceptors (Lipinski definition) is 5. The minimum atomic E-state index is -0.393. The van der Waals surface area contributed by atoms with Gasteiger partial charge in [0.15, 0.2) is 17.9 Å². The first kappa shape index (κ1) is 24.1. The van der Waals surface area contributed by atoms with E-state index in [2.05, 4.69) is 32.9 Å². The molecule has 0 amide bonds. The van der Waals surface area contributed by atoms with E-state index >= 15 is 0 Å². The van der Waals surface area contributed by atoms with Crippen molar-refractivity contribution in [1.29, 1.82) is 0 Å². The summed E-state index contributed by atoms with van der Waals surface area (Å²) in [5.41, 5.74) is 1.34. The molecule has 32 heavy (non-hydrogen) atoms. The van der Waals surface area contributed by atoms with E-state index < -0.39 is 5.79 Å². The molecule has 2 aliphatic carbocycles. The number of carbonyl (C=O) groups is 1. The molecule has 4 aliphatic rings. The molecule has 180 valence electrons. The molecule has 5 heteroatoms. The number of allylic oxidation sites excluding steroid dienone is 3. The maximum absolute atomic E-state index is 12.8. The van der Waals surface area contributed by atoms with Crippen molar-refractivity contribution in [3.8, 4) is 0 Å². The highest BCUT2D eigenvalue weighted by Crippen LogP contribution is 2.55. The third-order valence-electron chi connectivity index (χ3n) is 7.82. The van der Waals surface area contributed by atoms with E-state index in [0.717, 1.165) is 64.4 Å². The number of unbranched alkanes of at least 4 members (excludes halogenated alkanes) is 1. The minimum absolute atomic E-state index is 0.0616. The van der Waals surface area contributed by atoms with Crippen molar-refractivity contribution in [2.24, 2.45) is 23.7 Å². The van der Waals surface area contributed by atoms with Crippen LogP contribution in [0.15, 0.2) is 23.8 Å². The highest BCUT2D eigenvalue weighted by atomic mass is 16.7. The molecule has 4 fully saturated rings. The molecule has 0 aromatic heterocycles. The van der Waals surface area contributed by atoms with Crippen LogP contribution >= 0.6 is 0 Å². The van der Waals surface area contributed by atoms with Crippen molar-refractivity contribution in [2.75, 3.05) is 19.8 Å². The van der Waals surface area contributed by atoms with E-state index in [1.54, 1.807) is 0 Å². The highest BCUT2D eigenvalue weighted by Gasteiger charge is 2.56.